The van der Waals surface area contributed by atoms with E-state index in [4.69, 9.17) is 47.4 Å². The van der Waals surface area contributed by atoms with Crippen molar-refractivity contribution in [1.82, 2.24) is 4.90 Å². The van der Waals surface area contributed by atoms with Crippen LogP contribution >= 0.6 is 0 Å². The molecule has 3 fully saturated rings. The van der Waals surface area contributed by atoms with Crippen LogP contribution in [0.4, 0.5) is 0 Å². The molecule has 14 heteroatoms. The van der Waals surface area contributed by atoms with Crippen molar-refractivity contribution < 1.29 is 62.1 Å². The summed E-state index contributed by atoms with van der Waals surface area (Å²) in [5.74, 6) is -0.329. The van der Waals surface area contributed by atoms with Crippen LogP contribution in [-0.2, 0) is 57.7 Å². The minimum atomic E-state index is -1.64. The van der Waals surface area contributed by atoms with Gasteiger partial charge < -0.3 is 52.5 Å². The number of carbonyl (C=O) groups is 2. The molecule has 0 aliphatic carbocycles. The van der Waals surface area contributed by atoms with Gasteiger partial charge in [0.05, 0.1) is 51.3 Å². The second-order valence-electron chi connectivity index (χ2n) is 17.2. The van der Waals surface area contributed by atoms with Crippen LogP contribution in [0.1, 0.15) is 49.3 Å². The topological polar surface area (TPSA) is 150 Å². The molecule has 11 atom stereocenters. The molecule has 3 saturated heterocycles. The Balaban J connectivity index is 1.02. The van der Waals surface area contributed by atoms with E-state index in [1.807, 2.05) is 121 Å². The van der Waals surface area contributed by atoms with Crippen molar-refractivity contribution in [2.75, 3.05) is 20.3 Å². The summed E-state index contributed by atoms with van der Waals surface area (Å²) in [6.45, 7) is 0.530. The Morgan fingerprint density at radius 3 is 1.71 bits per heavy atom. The summed E-state index contributed by atoms with van der Waals surface area (Å²) in [5, 5.41) is 13.0. The number of hydrogen-bond donors (Lipinski definition) is 1. The maximum absolute atomic E-state index is 14.3. The normalized spacial score (nSPS) is 27.6. The molecule has 6 aromatic rings. The summed E-state index contributed by atoms with van der Waals surface area (Å²) in [6, 6.07) is 50.5. The summed E-state index contributed by atoms with van der Waals surface area (Å²) >= 11 is 0. The molecule has 6 aromatic carbocycles. The Kier molecular flexibility index (Phi) is 14.5. The maximum atomic E-state index is 14.3. The van der Waals surface area contributed by atoms with E-state index >= 15 is 0 Å². The van der Waals surface area contributed by atoms with Crippen LogP contribution in [0.2, 0.25) is 0 Å². The van der Waals surface area contributed by atoms with E-state index < -0.39 is 79.5 Å². The zero-order chi connectivity index (χ0) is 47.1. The maximum Gasteiger partial charge on any atom is 0.262 e. The van der Waals surface area contributed by atoms with E-state index in [1.54, 1.807) is 55.6 Å². The van der Waals surface area contributed by atoms with Crippen molar-refractivity contribution in [1.29, 1.82) is 0 Å². The Bertz CT molecular complexity index is 2570. The molecule has 0 spiro atoms. The number of ether oxygens (including phenoxy) is 10. The average Bonchev–Trinajstić information content (AvgIpc) is 3.65. The third kappa shape index (κ3) is 10.4. The lowest BCUT2D eigenvalue weighted by molar-refractivity contribution is -0.389. The molecule has 0 saturated carbocycles. The van der Waals surface area contributed by atoms with E-state index in [2.05, 4.69) is 0 Å². The van der Waals surface area contributed by atoms with Gasteiger partial charge in [-0.25, -0.2) is 0 Å². The van der Waals surface area contributed by atoms with Crippen LogP contribution in [0.25, 0.3) is 0 Å². The summed E-state index contributed by atoms with van der Waals surface area (Å²) in [5.41, 5.74) is 3.90. The molecule has 4 aliphatic heterocycles. The first-order chi connectivity index (χ1) is 33.9. The Morgan fingerprint density at radius 1 is 0.580 bits per heavy atom. The molecule has 2 amide bonds. The summed E-state index contributed by atoms with van der Waals surface area (Å²) in [7, 11) is 1.55. The zero-order valence-corrected chi connectivity index (χ0v) is 37.8. The van der Waals surface area contributed by atoms with Gasteiger partial charge in [0.2, 0.25) is 6.29 Å². The molecule has 356 valence electrons. The lowest BCUT2D eigenvalue weighted by atomic mass is 9.94. The van der Waals surface area contributed by atoms with Crippen LogP contribution in [-0.4, -0.2) is 103 Å². The number of fused-ring (bicyclic) bond motifs is 2. The molecule has 1 N–H and O–H groups in total. The third-order valence-corrected chi connectivity index (χ3v) is 12.7. The van der Waals surface area contributed by atoms with Gasteiger partial charge in [0.25, 0.3) is 11.8 Å². The Morgan fingerprint density at radius 2 is 1.12 bits per heavy atom. The van der Waals surface area contributed by atoms with Crippen molar-refractivity contribution in [3.8, 4) is 11.5 Å². The van der Waals surface area contributed by atoms with Crippen LogP contribution in [0, 0.1) is 0 Å². The van der Waals surface area contributed by atoms with Gasteiger partial charge in [0, 0.05) is 5.56 Å². The van der Waals surface area contributed by atoms with Crippen LogP contribution in [0.5, 0.6) is 11.5 Å². The number of carbonyl (C=O) groups excluding carboxylic acids is 2. The summed E-state index contributed by atoms with van der Waals surface area (Å²) in [6.07, 6.45) is -10.7. The first kappa shape index (κ1) is 46.4. The Hall–Kier alpha value is -6.30. The van der Waals surface area contributed by atoms with Gasteiger partial charge in [-0.15, -0.1) is 0 Å². The summed E-state index contributed by atoms with van der Waals surface area (Å²) < 4.78 is 65.7. The number of aliphatic hydroxyl groups is 1. The van der Waals surface area contributed by atoms with E-state index in [1.165, 1.54) is 0 Å². The highest BCUT2D eigenvalue weighted by molar-refractivity contribution is 6.21. The molecule has 0 aromatic heterocycles. The number of rotatable bonds is 17. The number of methoxy groups -OCH3 is 1. The molecule has 69 heavy (non-hydrogen) atoms. The minimum Gasteiger partial charge on any atom is -0.497 e. The molecular weight excluding hydrogens is 883 g/mol. The van der Waals surface area contributed by atoms with Gasteiger partial charge in [-0.1, -0.05) is 133 Å². The van der Waals surface area contributed by atoms with Crippen LogP contribution in [0.15, 0.2) is 170 Å². The molecular formula is C55H53NO13. The van der Waals surface area contributed by atoms with Gasteiger partial charge >= 0.3 is 0 Å². The molecule has 4 heterocycles. The smallest absolute Gasteiger partial charge is 0.262 e. The van der Waals surface area contributed by atoms with E-state index in [-0.39, 0.29) is 44.2 Å². The van der Waals surface area contributed by atoms with Gasteiger partial charge in [0.1, 0.15) is 60.3 Å². The molecule has 0 bridgehead atoms. The molecule has 0 radical (unpaired) electrons. The largest absolute Gasteiger partial charge is 0.497 e. The van der Waals surface area contributed by atoms with Gasteiger partial charge in [-0.3, -0.25) is 14.5 Å². The number of aliphatic hydroxyl groups excluding tert-OH is 1. The van der Waals surface area contributed by atoms with Crippen molar-refractivity contribution >= 4 is 11.8 Å². The highest BCUT2D eigenvalue weighted by atomic mass is 16.8. The second kappa shape index (κ2) is 21.6. The van der Waals surface area contributed by atoms with E-state index in [0.29, 0.717) is 11.5 Å². The monoisotopic (exact) mass is 935 g/mol. The summed E-state index contributed by atoms with van der Waals surface area (Å²) in [4.78, 5) is 29.7. The first-order valence-corrected chi connectivity index (χ1v) is 23.1. The zero-order valence-electron chi connectivity index (χ0n) is 37.8. The second-order valence-corrected chi connectivity index (χ2v) is 17.2. The average molecular weight is 936 g/mol. The number of amides is 2. The fourth-order valence-electron chi connectivity index (χ4n) is 9.20. The quantitative estimate of drug-likeness (QED) is 0.0905. The predicted molar refractivity (Wildman–Crippen MR) is 249 cm³/mol. The number of hydrogen-bond acceptors (Lipinski definition) is 13. The lowest BCUT2D eigenvalue weighted by Gasteiger charge is -2.51. The number of benzene rings is 6. The van der Waals surface area contributed by atoms with Gasteiger partial charge in [-0.05, 0) is 53.1 Å². The van der Waals surface area contributed by atoms with E-state index in [0.717, 1.165) is 27.2 Å². The minimum absolute atomic E-state index is 0.101. The van der Waals surface area contributed by atoms with Crippen LogP contribution in [0.3, 0.4) is 0 Å². The van der Waals surface area contributed by atoms with Crippen molar-refractivity contribution in [3.63, 3.8) is 0 Å². The molecule has 1 unspecified atom stereocenters. The van der Waals surface area contributed by atoms with Crippen molar-refractivity contribution in [2.45, 2.75) is 87.5 Å². The fourth-order valence-corrected chi connectivity index (χ4v) is 9.20. The highest BCUT2D eigenvalue weighted by Gasteiger charge is 2.58. The standard InChI is InChI=1S/C55H53NO13/c1-60-39-26-28-40(29-27-39)65-54-45(56-51(58)41-24-14-15-25-42(41)52(56)59)46(57)47(43(66-54)33-61-30-35-16-6-2-7-17-35)68-55-50(63-32-37-20-10-4-11-21-37)49(62-31-36-18-8-3-9-19-36)48-44(67-55)34-64-53(69-48)38-22-12-5-13-23-38/h2-29,43-50,53-55,57H,30-34H2,1H3/t43-,44-,45-,46-,47-,48-,49+,50-,53?,54-,55-/m1/s1. The lowest BCUT2D eigenvalue weighted by Crippen LogP contribution is -2.69. The highest BCUT2D eigenvalue weighted by Crippen LogP contribution is 2.41. The molecule has 10 rings (SSSR count). The predicted octanol–water partition coefficient (Wildman–Crippen LogP) is 7.44. The van der Waals surface area contributed by atoms with Crippen molar-refractivity contribution in [2.24, 2.45) is 0 Å². The van der Waals surface area contributed by atoms with E-state index in [9.17, 15) is 14.7 Å². The molecule has 14 nitrogen and oxygen atoms in total. The number of nitrogens with zero attached hydrogens (tertiary/aromatic N) is 1. The van der Waals surface area contributed by atoms with Crippen LogP contribution < -0.4 is 9.47 Å². The first-order valence-electron chi connectivity index (χ1n) is 23.1. The Labute approximate surface area is 400 Å². The van der Waals surface area contributed by atoms with Gasteiger partial charge in [-0.2, -0.15) is 0 Å². The third-order valence-electron chi connectivity index (χ3n) is 12.7. The fraction of sp³-hybridized carbons (Fsp3) is 0.309. The van der Waals surface area contributed by atoms with Gasteiger partial charge in [0.15, 0.2) is 12.6 Å². The SMILES string of the molecule is COc1ccc(O[C@@H]2O[C@H](COCc3ccccc3)[C@@H](O[C@H]3O[C@@H]4COC(c5ccccc5)O[C@H]4[C@H](OCc4ccccc4)[C@H]3OCc3ccccc3)[C@H](O)[C@H]2N2C(=O)c3ccccc3C2=O)cc1. The number of imide groups is 1. The molecule has 4 aliphatic rings. The van der Waals surface area contributed by atoms with Crippen molar-refractivity contribution in [3.05, 3.63) is 203 Å².